The van der Waals surface area contributed by atoms with E-state index in [2.05, 4.69) is 4.98 Å². The van der Waals surface area contributed by atoms with Gasteiger partial charge in [0, 0.05) is 24.9 Å². The van der Waals surface area contributed by atoms with E-state index in [0.717, 1.165) is 11.8 Å². The van der Waals surface area contributed by atoms with Crippen LogP contribution in [0.3, 0.4) is 0 Å². The molecule has 0 saturated carbocycles. The Kier molecular flexibility index (Phi) is 2.15. The number of aromatic amines is 2. The third-order valence-corrected chi connectivity index (χ3v) is 2.33. The van der Waals surface area contributed by atoms with Crippen LogP contribution in [-0.4, -0.2) is 19.3 Å². The zero-order chi connectivity index (χ0) is 11.9. The Morgan fingerprint density at radius 2 is 1.81 bits per heavy atom. The second-order valence-corrected chi connectivity index (χ2v) is 3.43. The van der Waals surface area contributed by atoms with Crippen LogP contribution in [0.15, 0.2) is 26.5 Å². The Hall–Kier alpha value is -2.31. The van der Waals surface area contributed by atoms with Gasteiger partial charge in [0.1, 0.15) is 5.82 Å². The smallest absolute Gasteiger partial charge is 0.292 e. The van der Waals surface area contributed by atoms with Gasteiger partial charge in [0.25, 0.3) is 11.1 Å². The minimum atomic E-state index is -0.645. The number of hydrogen-bond acceptors (Lipinski definition) is 3. The molecule has 0 fully saturated rings. The highest BCUT2D eigenvalue weighted by molar-refractivity contribution is 5.19. The molecule has 0 aliphatic heterocycles. The fourth-order valence-electron chi connectivity index (χ4n) is 1.49. The van der Waals surface area contributed by atoms with E-state index in [4.69, 9.17) is 0 Å². The van der Waals surface area contributed by atoms with Crippen molar-refractivity contribution >= 4 is 0 Å². The van der Waals surface area contributed by atoms with Crippen molar-refractivity contribution in [3.05, 3.63) is 49.0 Å². The van der Waals surface area contributed by atoms with E-state index in [1.54, 1.807) is 18.7 Å². The number of aromatic nitrogens is 4. The van der Waals surface area contributed by atoms with Gasteiger partial charge in [-0.1, -0.05) is 0 Å². The van der Waals surface area contributed by atoms with Gasteiger partial charge >= 0.3 is 5.69 Å². The molecule has 0 saturated heterocycles. The van der Waals surface area contributed by atoms with Crippen LogP contribution in [0.5, 0.6) is 0 Å². The molecule has 2 rings (SSSR count). The van der Waals surface area contributed by atoms with Crippen molar-refractivity contribution in [2.24, 2.45) is 7.05 Å². The Morgan fingerprint density at radius 3 is 2.31 bits per heavy atom. The first-order valence-corrected chi connectivity index (χ1v) is 4.59. The van der Waals surface area contributed by atoms with Crippen molar-refractivity contribution < 1.29 is 0 Å². The lowest BCUT2D eigenvalue weighted by molar-refractivity contribution is 0.614. The third kappa shape index (κ3) is 1.52. The summed E-state index contributed by atoms with van der Waals surface area (Å²) in [5.74, 6) is 0.148. The number of aryl methyl sites for hydroxylation is 1. The van der Waals surface area contributed by atoms with Crippen LogP contribution in [0.25, 0.3) is 5.82 Å². The maximum atomic E-state index is 11.6. The fourth-order valence-corrected chi connectivity index (χ4v) is 1.49. The molecule has 0 unspecified atom stereocenters. The topological polar surface area (TPSA) is 92.7 Å². The number of hydrogen-bond donors (Lipinski definition) is 2. The summed E-state index contributed by atoms with van der Waals surface area (Å²) in [7, 11) is 1.66. The van der Waals surface area contributed by atoms with E-state index in [1.807, 2.05) is 4.98 Å². The first-order valence-electron chi connectivity index (χ1n) is 4.59. The molecule has 2 aromatic rings. The second-order valence-electron chi connectivity index (χ2n) is 3.43. The van der Waals surface area contributed by atoms with Crippen LogP contribution in [0.1, 0.15) is 5.69 Å². The summed E-state index contributed by atoms with van der Waals surface area (Å²) >= 11 is 0. The zero-order valence-electron chi connectivity index (χ0n) is 8.77. The van der Waals surface area contributed by atoms with Crippen molar-refractivity contribution in [2.45, 2.75) is 6.92 Å². The first kappa shape index (κ1) is 10.2. The number of nitrogens with zero attached hydrogens (tertiary/aromatic N) is 2. The van der Waals surface area contributed by atoms with E-state index < -0.39 is 11.2 Å². The molecule has 0 amide bonds. The van der Waals surface area contributed by atoms with Crippen molar-refractivity contribution in [3.8, 4) is 5.82 Å². The predicted molar refractivity (Wildman–Crippen MR) is 57.0 cm³/mol. The lowest BCUT2D eigenvalue weighted by atomic mass is 10.5. The molecule has 0 atom stereocenters. The highest BCUT2D eigenvalue weighted by Crippen LogP contribution is 1.98. The lowest BCUT2D eigenvalue weighted by Crippen LogP contribution is -2.28. The fraction of sp³-hybridized carbons (Fsp3) is 0.222. The Balaban J connectivity index is 2.82. The normalized spacial score (nSPS) is 10.6. The SMILES string of the molecule is Cc1cc(=O)n(-c2cc(=O)[nH]c(=O)[nH]2)n1C. The van der Waals surface area contributed by atoms with E-state index in [1.165, 1.54) is 10.7 Å². The van der Waals surface area contributed by atoms with Crippen LogP contribution in [0.4, 0.5) is 0 Å². The van der Waals surface area contributed by atoms with Crippen LogP contribution in [0, 0.1) is 6.92 Å². The van der Waals surface area contributed by atoms with E-state index in [0.29, 0.717) is 0 Å². The molecular weight excluding hydrogens is 212 g/mol. The van der Waals surface area contributed by atoms with Crippen molar-refractivity contribution in [2.75, 3.05) is 0 Å². The minimum absolute atomic E-state index is 0.148. The highest BCUT2D eigenvalue weighted by atomic mass is 16.2. The van der Waals surface area contributed by atoms with Gasteiger partial charge in [-0.2, -0.15) is 0 Å². The van der Waals surface area contributed by atoms with Crippen molar-refractivity contribution in [1.29, 1.82) is 0 Å². The van der Waals surface area contributed by atoms with Crippen molar-refractivity contribution in [1.82, 2.24) is 19.3 Å². The van der Waals surface area contributed by atoms with E-state index >= 15 is 0 Å². The van der Waals surface area contributed by atoms with Gasteiger partial charge in [-0.3, -0.25) is 24.2 Å². The lowest BCUT2D eigenvalue weighted by Gasteiger charge is -2.06. The van der Waals surface area contributed by atoms with Gasteiger partial charge in [0.2, 0.25) is 0 Å². The standard InChI is InChI=1S/C9H10N4O3/c1-5-3-8(15)13(12(5)2)6-4-7(14)11-9(16)10-6/h3-4H,1-2H3,(H2,10,11,14,16). The molecule has 2 N–H and O–H groups in total. The number of nitrogens with one attached hydrogen (secondary N) is 2. The van der Waals surface area contributed by atoms with Gasteiger partial charge in [-0.05, 0) is 6.92 Å². The average molecular weight is 222 g/mol. The van der Waals surface area contributed by atoms with Gasteiger partial charge < -0.3 is 0 Å². The Bertz CT molecular complexity index is 672. The van der Waals surface area contributed by atoms with Gasteiger partial charge in [0.15, 0.2) is 0 Å². The summed E-state index contributed by atoms with van der Waals surface area (Å²) < 4.78 is 2.76. The maximum Gasteiger partial charge on any atom is 0.327 e. The van der Waals surface area contributed by atoms with Crippen LogP contribution in [0.2, 0.25) is 0 Å². The predicted octanol–water partition coefficient (Wildman–Crippen LogP) is -1.14. The Morgan fingerprint density at radius 1 is 1.12 bits per heavy atom. The summed E-state index contributed by atoms with van der Waals surface area (Å²) in [6, 6.07) is 2.57. The highest BCUT2D eigenvalue weighted by Gasteiger charge is 2.08. The number of H-pyrrole nitrogens is 2. The van der Waals surface area contributed by atoms with E-state index in [9.17, 15) is 14.4 Å². The van der Waals surface area contributed by atoms with Crippen LogP contribution in [-0.2, 0) is 7.05 Å². The molecule has 0 aliphatic rings. The van der Waals surface area contributed by atoms with Crippen LogP contribution >= 0.6 is 0 Å². The minimum Gasteiger partial charge on any atom is -0.292 e. The molecule has 2 heterocycles. The van der Waals surface area contributed by atoms with Crippen molar-refractivity contribution in [3.63, 3.8) is 0 Å². The molecule has 0 radical (unpaired) electrons. The molecule has 2 aromatic heterocycles. The van der Waals surface area contributed by atoms with Gasteiger partial charge in [-0.15, -0.1) is 0 Å². The largest absolute Gasteiger partial charge is 0.327 e. The summed E-state index contributed by atoms with van der Waals surface area (Å²) in [6.07, 6.45) is 0. The molecule has 0 bridgehead atoms. The summed E-state index contributed by atoms with van der Waals surface area (Å²) in [6.45, 7) is 1.75. The van der Waals surface area contributed by atoms with Gasteiger partial charge in [0.05, 0.1) is 0 Å². The van der Waals surface area contributed by atoms with E-state index in [-0.39, 0.29) is 11.4 Å². The molecule has 16 heavy (non-hydrogen) atoms. The molecule has 0 aliphatic carbocycles. The monoisotopic (exact) mass is 222 g/mol. The molecular formula is C9H10N4O3. The van der Waals surface area contributed by atoms with Gasteiger partial charge in [-0.25, -0.2) is 9.48 Å². The quantitative estimate of drug-likeness (QED) is 0.638. The molecule has 7 nitrogen and oxygen atoms in total. The summed E-state index contributed by atoms with van der Waals surface area (Å²) in [4.78, 5) is 38.2. The second kappa shape index (κ2) is 3.37. The zero-order valence-corrected chi connectivity index (χ0v) is 8.77. The number of rotatable bonds is 1. The maximum absolute atomic E-state index is 11.6. The molecule has 0 aromatic carbocycles. The Labute approximate surface area is 89.0 Å². The third-order valence-electron chi connectivity index (χ3n) is 2.33. The summed E-state index contributed by atoms with van der Waals surface area (Å²) in [5, 5.41) is 0. The molecule has 7 heteroatoms. The van der Waals surface area contributed by atoms with Crippen LogP contribution < -0.4 is 16.8 Å². The average Bonchev–Trinajstić information content (AvgIpc) is 2.39. The summed E-state index contributed by atoms with van der Waals surface area (Å²) in [5.41, 5.74) is -0.773. The molecule has 0 spiro atoms. The first-order chi connectivity index (χ1) is 7.49. The molecule has 84 valence electrons.